The number of nitrogens with zero attached hydrogens (tertiary/aromatic N) is 3. The maximum absolute atomic E-state index is 5.84. The highest BCUT2D eigenvalue weighted by atomic mass is 15.3. The van der Waals surface area contributed by atoms with Gasteiger partial charge in [-0.2, -0.15) is 5.10 Å². The minimum atomic E-state index is 0.515. The van der Waals surface area contributed by atoms with Crippen LogP contribution in [0.2, 0.25) is 0 Å². The quantitative estimate of drug-likeness (QED) is 0.871. The first-order valence-electron chi connectivity index (χ1n) is 7.23. The SMILES string of the molecule is NCC1CCCC1Nc1cccc(Cn2cncn2)c1. The Balaban J connectivity index is 1.68. The van der Waals surface area contributed by atoms with Crippen LogP contribution in [0.3, 0.4) is 0 Å². The molecule has 3 N–H and O–H groups in total. The van der Waals surface area contributed by atoms with Crippen molar-refractivity contribution in [1.29, 1.82) is 0 Å². The molecule has 5 heteroatoms. The molecule has 20 heavy (non-hydrogen) atoms. The second-order valence-corrected chi connectivity index (χ2v) is 5.47. The summed E-state index contributed by atoms with van der Waals surface area (Å²) >= 11 is 0. The van der Waals surface area contributed by atoms with Crippen molar-refractivity contribution in [2.75, 3.05) is 11.9 Å². The van der Waals surface area contributed by atoms with Crippen LogP contribution in [0.15, 0.2) is 36.9 Å². The third kappa shape index (κ3) is 2.99. The molecule has 5 nitrogen and oxygen atoms in total. The molecule has 3 rings (SSSR count). The molecular formula is C15H21N5. The fraction of sp³-hybridized carbons (Fsp3) is 0.467. The van der Waals surface area contributed by atoms with E-state index in [-0.39, 0.29) is 0 Å². The van der Waals surface area contributed by atoms with Crippen LogP contribution < -0.4 is 11.1 Å². The van der Waals surface area contributed by atoms with E-state index in [1.165, 1.54) is 30.5 Å². The van der Waals surface area contributed by atoms with Gasteiger partial charge in [-0.1, -0.05) is 18.6 Å². The largest absolute Gasteiger partial charge is 0.382 e. The molecule has 2 atom stereocenters. The maximum Gasteiger partial charge on any atom is 0.137 e. The molecule has 2 aromatic rings. The molecule has 0 spiro atoms. The first-order valence-corrected chi connectivity index (χ1v) is 7.23. The Bertz CT molecular complexity index is 537. The van der Waals surface area contributed by atoms with E-state index in [4.69, 9.17) is 5.73 Å². The predicted molar refractivity (Wildman–Crippen MR) is 79.4 cm³/mol. The van der Waals surface area contributed by atoms with Gasteiger partial charge in [-0.25, -0.2) is 9.67 Å². The van der Waals surface area contributed by atoms with E-state index >= 15 is 0 Å². The van der Waals surface area contributed by atoms with Crippen LogP contribution in [0, 0.1) is 5.92 Å². The van der Waals surface area contributed by atoms with Crippen molar-refractivity contribution in [1.82, 2.24) is 14.8 Å². The number of hydrogen-bond donors (Lipinski definition) is 2. The maximum atomic E-state index is 5.84. The first-order chi connectivity index (χ1) is 9.85. The number of aromatic nitrogens is 3. The fourth-order valence-electron chi connectivity index (χ4n) is 2.98. The summed E-state index contributed by atoms with van der Waals surface area (Å²) in [4.78, 5) is 3.97. The molecule has 2 unspecified atom stereocenters. The van der Waals surface area contributed by atoms with Crippen molar-refractivity contribution in [3.8, 4) is 0 Å². The molecule has 1 aliphatic carbocycles. The lowest BCUT2D eigenvalue weighted by atomic mass is 10.0. The molecule has 106 valence electrons. The third-order valence-electron chi connectivity index (χ3n) is 4.05. The van der Waals surface area contributed by atoms with Crippen molar-refractivity contribution in [2.24, 2.45) is 11.7 Å². The number of nitrogens with two attached hydrogens (primary N) is 1. The zero-order chi connectivity index (χ0) is 13.8. The van der Waals surface area contributed by atoms with Gasteiger partial charge in [0.05, 0.1) is 6.54 Å². The van der Waals surface area contributed by atoms with Crippen molar-refractivity contribution in [3.05, 3.63) is 42.5 Å². The van der Waals surface area contributed by atoms with E-state index in [2.05, 4.69) is 39.7 Å². The van der Waals surface area contributed by atoms with Crippen molar-refractivity contribution in [3.63, 3.8) is 0 Å². The average molecular weight is 271 g/mol. The zero-order valence-electron chi connectivity index (χ0n) is 11.6. The van der Waals surface area contributed by atoms with Crippen molar-refractivity contribution < 1.29 is 0 Å². The Kier molecular flexibility index (Phi) is 3.97. The molecule has 0 amide bonds. The van der Waals surface area contributed by atoms with Crippen LogP contribution in [-0.2, 0) is 6.54 Å². The monoisotopic (exact) mass is 271 g/mol. The Morgan fingerprint density at radius 3 is 3.10 bits per heavy atom. The highest BCUT2D eigenvalue weighted by Gasteiger charge is 2.25. The minimum Gasteiger partial charge on any atom is -0.382 e. The van der Waals surface area contributed by atoms with Gasteiger partial charge < -0.3 is 11.1 Å². The topological polar surface area (TPSA) is 68.8 Å². The van der Waals surface area contributed by atoms with Crippen LogP contribution in [0.4, 0.5) is 5.69 Å². The highest BCUT2D eigenvalue weighted by Crippen LogP contribution is 2.28. The van der Waals surface area contributed by atoms with Crippen LogP contribution in [0.5, 0.6) is 0 Å². The van der Waals surface area contributed by atoms with E-state index in [9.17, 15) is 0 Å². The summed E-state index contributed by atoms with van der Waals surface area (Å²) < 4.78 is 1.83. The molecule has 0 aliphatic heterocycles. The number of hydrogen-bond acceptors (Lipinski definition) is 4. The van der Waals surface area contributed by atoms with Crippen molar-refractivity contribution in [2.45, 2.75) is 31.8 Å². The number of anilines is 1. The first kappa shape index (κ1) is 13.1. The molecular weight excluding hydrogens is 250 g/mol. The lowest BCUT2D eigenvalue weighted by Gasteiger charge is -2.21. The molecule has 1 saturated carbocycles. The second kappa shape index (κ2) is 6.05. The van der Waals surface area contributed by atoms with Gasteiger partial charge in [0, 0.05) is 11.7 Å². The predicted octanol–water partition coefficient (Wildman–Crippen LogP) is 1.87. The van der Waals surface area contributed by atoms with Gasteiger partial charge in [0.25, 0.3) is 0 Å². The van der Waals surface area contributed by atoms with Gasteiger partial charge >= 0.3 is 0 Å². The van der Waals surface area contributed by atoms with E-state index < -0.39 is 0 Å². The van der Waals surface area contributed by atoms with Gasteiger partial charge in [0.1, 0.15) is 12.7 Å². The number of rotatable bonds is 5. The van der Waals surface area contributed by atoms with E-state index in [1.807, 2.05) is 4.68 Å². The van der Waals surface area contributed by atoms with E-state index in [1.54, 1.807) is 12.7 Å². The Morgan fingerprint density at radius 1 is 1.35 bits per heavy atom. The molecule has 1 heterocycles. The Labute approximate surface area is 119 Å². The van der Waals surface area contributed by atoms with Crippen LogP contribution in [-0.4, -0.2) is 27.4 Å². The molecule has 0 radical (unpaired) electrons. The lowest BCUT2D eigenvalue weighted by Crippen LogP contribution is -2.29. The summed E-state index contributed by atoms with van der Waals surface area (Å²) in [7, 11) is 0. The van der Waals surface area contributed by atoms with Crippen LogP contribution in [0.25, 0.3) is 0 Å². The third-order valence-corrected chi connectivity index (χ3v) is 4.05. The van der Waals surface area contributed by atoms with Gasteiger partial charge in [-0.3, -0.25) is 0 Å². The summed E-state index contributed by atoms with van der Waals surface area (Å²) in [5.74, 6) is 0.606. The molecule has 1 aliphatic rings. The number of benzene rings is 1. The summed E-state index contributed by atoms with van der Waals surface area (Å²) in [6, 6.07) is 9.02. The summed E-state index contributed by atoms with van der Waals surface area (Å²) in [6.07, 6.45) is 7.04. The van der Waals surface area contributed by atoms with Crippen LogP contribution in [0.1, 0.15) is 24.8 Å². The minimum absolute atomic E-state index is 0.515. The van der Waals surface area contributed by atoms with E-state index in [0.29, 0.717) is 12.0 Å². The Hall–Kier alpha value is -1.88. The summed E-state index contributed by atoms with van der Waals surface area (Å²) in [5, 5.41) is 7.77. The fourth-order valence-corrected chi connectivity index (χ4v) is 2.98. The normalized spacial score (nSPS) is 22.1. The standard InChI is InChI=1S/C15H21N5/c16-8-13-4-2-6-15(13)19-14-5-1-3-12(7-14)9-20-11-17-10-18-20/h1,3,5,7,10-11,13,15,19H,2,4,6,8-9,16H2. The highest BCUT2D eigenvalue weighted by molar-refractivity contribution is 5.47. The molecule has 0 bridgehead atoms. The summed E-state index contributed by atoms with van der Waals surface area (Å²) in [5.41, 5.74) is 8.24. The van der Waals surface area contributed by atoms with Crippen LogP contribution >= 0.6 is 0 Å². The van der Waals surface area contributed by atoms with Crippen molar-refractivity contribution >= 4 is 5.69 Å². The zero-order valence-corrected chi connectivity index (χ0v) is 11.6. The molecule has 1 fully saturated rings. The van der Waals surface area contributed by atoms with Gasteiger partial charge in [0.2, 0.25) is 0 Å². The molecule has 1 aromatic heterocycles. The van der Waals surface area contributed by atoms with Gasteiger partial charge in [0.15, 0.2) is 0 Å². The second-order valence-electron chi connectivity index (χ2n) is 5.47. The average Bonchev–Trinajstić information content (AvgIpc) is 3.10. The molecule has 0 saturated heterocycles. The lowest BCUT2D eigenvalue weighted by molar-refractivity contribution is 0.516. The smallest absolute Gasteiger partial charge is 0.137 e. The number of nitrogens with one attached hydrogen (secondary N) is 1. The van der Waals surface area contributed by atoms with Gasteiger partial charge in [-0.05, 0) is 43.0 Å². The Morgan fingerprint density at radius 2 is 2.30 bits per heavy atom. The molecule has 1 aromatic carbocycles. The van der Waals surface area contributed by atoms with Gasteiger partial charge in [-0.15, -0.1) is 0 Å². The summed E-state index contributed by atoms with van der Waals surface area (Å²) in [6.45, 7) is 1.52. The van der Waals surface area contributed by atoms with E-state index in [0.717, 1.165) is 13.1 Å².